The van der Waals surface area contributed by atoms with Crippen LogP contribution in [0.25, 0.3) is 10.9 Å². The summed E-state index contributed by atoms with van der Waals surface area (Å²) in [4.78, 5) is 17.7. The number of carbonyl (C=O) groups excluding carboxylic acids is 1. The molecule has 0 spiro atoms. The fourth-order valence-corrected chi connectivity index (χ4v) is 6.40. The van der Waals surface area contributed by atoms with Crippen LogP contribution in [0.2, 0.25) is 0 Å². The number of para-hydroxylation sites is 1. The normalized spacial score (nSPS) is 14.9. The molecule has 0 aliphatic carbocycles. The first kappa shape index (κ1) is 24.3. The SMILES string of the molecule is Cc1ccc(CS(=O)(=O)c2cn(CC(=O)N3CCN(Cc4ccccc4)CC3)c3ccccc23)cc1. The molecule has 0 bridgehead atoms. The minimum Gasteiger partial charge on any atom is -0.339 e. The number of rotatable bonds is 7. The second kappa shape index (κ2) is 10.3. The Morgan fingerprint density at radius 3 is 2.19 bits per heavy atom. The molecule has 0 radical (unpaired) electrons. The Hall–Kier alpha value is -3.42. The molecule has 1 amide bonds. The minimum atomic E-state index is -3.58. The lowest BCUT2D eigenvalue weighted by Gasteiger charge is -2.35. The Labute approximate surface area is 212 Å². The van der Waals surface area contributed by atoms with E-state index < -0.39 is 9.84 Å². The van der Waals surface area contributed by atoms with Crippen molar-refractivity contribution < 1.29 is 13.2 Å². The predicted molar refractivity (Wildman–Crippen MR) is 142 cm³/mol. The molecule has 1 aliphatic heterocycles. The molecular formula is C29H31N3O3S. The van der Waals surface area contributed by atoms with E-state index in [9.17, 15) is 13.2 Å². The van der Waals surface area contributed by atoms with Crippen LogP contribution < -0.4 is 0 Å². The Morgan fingerprint density at radius 1 is 0.806 bits per heavy atom. The highest BCUT2D eigenvalue weighted by Gasteiger charge is 2.25. The van der Waals surface area contributed by atoms with E-state index in [0.29, 0.717) is 18.5 Å². The number of aryl methyl sites for hydroxylation is 1. The van der Waals surface area contributed by atoms with Crippen LogP contribution in [0.1, 0.15) is 16.7 Å². The number of hydrogen-bond acceptors (Lipinski definition) is 4. The first-order valence-electron chi connectivity index (χ1n) is 12.3. The van der Waals surface area contributed by atoms with E-state index >= 15 is 0 Å². The van der Waals surface area contributed by atoms with Gasteiger partial charge in [-0.15, -0.1) is 0 Å². The number of sulfone groups is 1. The van der Waals surface area contributed by atoms with Crippen molar-refractivity contribution in [3.63, 3.8) is 0 Å². The summed E-state index contributed by atoms with van der Waals surface area (Å²) in [6.07, 6.45) is 1.64. The fourth-order valence-electron chi connectivity index (χ4n) is 4.82. The number of fused-ring (bicyclic) bond motifs is 1. The molecule has 0 atom stereocenters. The Morgan fingerprint density at radius 2 is 1.47 bits per heavy atom. The van der Waals surface area contributed by atoms with E-state index in [4.69, 9.17) is 0 Å². The zero-order valence-electron chi connectivity index (χ0n) is 20.5. The fraction of sp³-hybridized carbons (Fsp3) is 0.276. The summed E-state index contributed by atoms with van der Waals surface area (Å²) in [5, 5.41) is 0.657. The van der Waals surface area contributed by atoms with Gasteiger partial charge in [0, 0.05) is 49.8 Å². The maximum atomic E-state index is 13.4. The molecule has 186 valence electrons. The second-order valence-corrected chi connectivity index (χ2v) is 11.5. The summed E-state index contributed by atoms with van der Waals surface area (Å²) in [6.45, 7) is 5.97. The zero-order valence-corrected chi connectivity index (χ0v) is 21.3. The average Bonchev–Trinajstić information content (AvgIpc) is 3.26. The Kier molecular flexibility index (Phi) is 6.94. The van der Waals surface area contributed by atoms with Gasteiger partial charge in [0.15, 0.2) is 9.84 Å². The molecule has 3 aromatic carbocycles. The highest BCUT2D eigenvalue weighted by Crippen LogP contribution is 2.28. The van der Waals surface area contributed by atoms with Crippen LogP contribution in [0, 0.1) is 6.92 Å². The molecule has 1 aliphatic rings. The van der Waals surface area contributed by atoms with Gasteiger partial charge in [-0.1, -0.05) is 78.4 Å². The van der Waals surface area contributed by atoms with Crippen molar-refractivity contribution in [2.24, 2.45) is 0 Å². The molecule has 1 fully saturated rings. The largest absolute Gasteiger partial charge is 0.339 e. The average molecular weight is 502 g/mol. The van der Waals surface area contributed by atoms with Gasteiger partial charge in [0.2, 0.25) is 5.91 Å². The summed E-state index contributed by atoms with van der Waals surface area (Å²) in [5.41, 5.74) is 3.88. The predicted octanol–water partition coefficient (Wildman–Crippen LogP) is 4.27. The van der Waals surface area contributed by atoms with E-state index in [1.165, 1.54) is 5.56 Å². The van der Waals surface area contributed by atoms with Crippen LogP contribution in [-0.2, 0) is 33.5 Å². The molecular weight excluding hydrogens is 470 g/mol. The zero-order chi connectivity index (χ0) is 25.1. The first-order valence-corrected chi connectivity index (χ1v) is 13.9. The standard InChI is InChI=1S/C29H31N3O3S/c1-23-11-13-25(14-12-23)22-36(34,35)28-20-32(27-10-6-5-9-26(27)28)21-29(33)31-17-15-30(16-18-31)19-24-7-3-2-4-8-24/h2-14,20H,15-19,21-22H2,1H3. The van der Waals surface area contributed by atoms with Gasteiger partial charge in [0.1, 0.15) is 6.54 Å². The van der Waals surface area contributed by atoms with E-state index in [1.54, 1.807) is 10.8 Å². The number of nitrogens with zero attached hydrogens (tertiary/aromatic N) is 3. The van der Waals surface area contributed by atoms with E-state index in [0.717, 1.165) is 36.3 Å². The van der Waals surface area contributed by atoms with E-state index in [1.807, 2.05) is 78.6 Å². The summed E-state index contributed by atoms with van der Waals surface area (Å²) in [6, 6.07) is 25.3. The summed E-state index contributed by atoms with van der Waals surface area (Å²) < 4.78 is 28.5. The third-order valence-corrected chi connectivity index (χ3v) is 8.55. The van der Waals surface area contributed by atoms with Gasteiger partial charge in [-0.2, -0.15) is 0 Å². The molecule has 6 nitrogen and oxygen atoms in total. The number of hydrogen-bond donors (Lipinski definition) is 0. The van der Waals surface area contributed by atoms with Crippen molar-refractivity contribution >= 4 is 26.6 Å². The molecule has 7 heteroatoms. The molecule has 36 heavy (non-hydrogen) atoms. The number of benzene rings is 3. The van der Waals surface area contributed by atoms with Gasteiger partial charge in [0.25, 0.3) is 0 Å². The van der Waals surface area contributed by atoms with Crippen LogP contribution >= 0.6 is 0 Å². The molecule has 1 aromatic heterocycles. The van der Waals surface area contributed by atoms with Crippen molar-refractivity contribution in [1.29, 1.82) is 0 Å². The van der Waals surface area contributed by atoms with Crippen molar-refractivity contribution in [2.75, 3.05) is 26.2 Å². The Bertz CT molecular complexity index is 1450. The molecule has 4 aromatic rings. The minimum absolute atomic E-state index is 0.0117. The monoisotopic (exact) mass is 501 g/mol. The summed E-state index contributed by atoms with van der Waals surface area (Å²) in [7, 11) is -3.58. The van der Waals surface area contributed by atoms with Crippen LogP contribution in [0.5, 0.6) is 0 Å². The van der Waals surface area contributed by atoms with Crippen molar-refractivity contribution in [3.05, 3.63) is 102 Å². The lowest BCUT2D eigenvalue weighted by molar-refractivity contribution is -0.133. The molecule has 0 saturated carbocycles. The summed E-state index contributed by atoms with van der Waals surface area (Å²) in [5.74, 6) is -0.0592. The number of aromatic nitrogens is 1. The van der Waals surface area contributed by atoms with E-state index in [2.05, 4.69) is 17.0 Å². The number of carbonyl (C=O) groups is 1. The molecule has 2 heterocycles. The molecule has 0 N–H and O–H groups in total. The smallest absolute Gasteiger partial charge is 0.242 e. The van der Waals surface area contributed by atoms with Crippen molar-refractivity contribution in [3.8, 4) is 0 Å². The van der Waals surface area contributed by atoms with Crippen LogP contribution in [0.4, 0.5) is 0 Å². The van der Waals surface area contributed by atoms with Gasteiger partial charge in [-0.25, -0.2) is 8.42 Å². The lowest BCUT2D eigenvalue weighted by Crippen LogP contribution is -2.49. The van der Waals surface area contributed by atoms with E-state index in [-0.39, 0.29) is 23.1 Å². The van der Waals surface area contributed by atoms with Crippen LogP contribution in [0.15, 0.2) is 90.0 Å². The second-order valence-electron chi connectivity index (χ2n) is 9.53. The van der Waals surface area contributed by atoms with Gasteiger partial charge >= 0.3 is 0 Å². The topological polar surface area (TPSA) is 62.6 Å². The highest BCUT2D eigenvalue weighted by molar-refractivity contribution is 7.90. The third-order valence-electron chi connectivity index (χ3n) is 6.84. The summed E-state index contributed by atoms with van der Waals surface area (Å²) >= 11 is 0. The highest BCUT2D eigenvalue weighted by atomic mass is 32.2. The van der Waals surface area contributed by atoms with Crippen LogP contribution in [0.3, 0.4) is 0 Å². The number of piperazine rings is 1. The maximum Gasteiger partial charge on any atom is 0.242 e. The van der Waals surface area contributed by atoms with Gasteiger partial charge in [-0.3, -0.25) is 9.69 Å². The van der Waals surface area contributed by atoms with Crippen LogP contribution in [-0.4, -0.2) is 54.9 Å². The van der Waals surface area contributed by atoms with Crippen molar-refractivity contribution in [2.45, 2.75) is 30.7 Å². The van der Waals surface area contributed by atoms with Crippen molar-refractivity contribution in [1.82, 2.24) is 14.4 Å². The van der Waals surface area contributed by atoms with Gasteiger partial charge in [-0.05, 0) is 24.1 Å². The first-order chi connectivity index (χ1) is 17.4. The molecule has 1 saturated heterocycles. The third kappa shape index (κ3) is 5.37. The quantitative estimate of drug-likeness (QED) is 0.380. The number of amides is 1. The maximum absolute atomic E-state index is 13.4. The van der Waals surface area contributed by atoms with Gasteiger partial charge in [0.05, 0.1) is 10.6 Å². The lowest BCUT2D eigenvalue weighted by atomic mass is 10.2. The van der Waals surface area contributed by atoms with Gasteiger partial charge < -0.3 is 9.47 Å². The Balaban J connectivity index is 1.30. The molecule has 5 rings (SSSR count). The molecule has 0 unspecified atom stereocenters.